The molecule has 110 valence electrons. The highest BCUT2D eigenvalue weighted by molar-refractivity contribution is 7.12. The van der Waals surface area contributed by atoms with E-state index in [-0.39, 0.29) is 17.4 Å². The first-order valence-corrected chi connectivity index (χ1v) is 7.34. The third kappa shape index (κ3) is 3.21. The second-order valence-electron chi connectivity index (χ2n) is 4.37. The lowest BCUT2D eigenvalue weighted by Gasteiger charge is -1.99. The molecule has 0 fully saturated rings. The van der Waals surface area contributed by atoms with E-state index in [2.05, 4.69) is 20.5 Å². The van der Waals surface area contributed by atoms with Crippen LogP contribution in [0.15, 0.2) is 53.9 Å². The molecule has 2 heterocycles. The van der Waals surface area contributed by atoms with E-state index in [1.165, 1.54) is 11.3 Å². The lowest BCUT2D eigenvalue weighted by molar-refractivity contribution is 0.104. The number of aliphatic hydroxyl groups excluding tert-OH is 1. The van der Waals surface area contributed by atoms with E-state index in [4.69, 9.17) is 0 Å². The van der Waals surface area contributed by atoms with Gasteiger partial charge in [0.1, 0.15) is 0 Å². The van der Waals surface area contributed by atoms with Crippen molar-refractivity contribution >= 4 is 34.5 Å². The molecule has 0 saturated carbocycles. The minimum absolute atomic E-state index is 0.128. The topological polar surface area (TPSA) is 90.9 Å². The second-order valence-corrected chi connectivity index (χ2v) is 5.32. The largest absolute Gasteiger partial charge is 0.504 e. The number of hydrogen-bond acceptors (Lipinski definition) is 6. The van der Waals surface area contributed by atoms with Gasteiger partial charge in [0.25, 0.3) is 0 Å². The molecule has 0 aliphatic rings. The van der Waals surface area contributed by atoms with Crippen LogP contribution in [0.2, 0.25) is 0 Å². The maximum atomic E-state index is 11.9. The Bertz CT molecular complexity index is 794. The quantitative estimate of drug-likeness (QED) is 0.381. The maximum absolute atomic E-state index is 11.9. The molecule has 7 heteroatoms. The number of allylic oxidation sites excluding steroid dienone is 1. The van der Waals surface area contributed by atoms with E-state index >= 15 is 0 Å². The van der Waals surface area contributed by atoms with Gasteiger partial charge in [-0.1, -0.05) is 24.3 Å². The predicted molar refractivity (Wildman–Crippen MR) is 85.4 cm³/mol. The molecule has 3 aromatic rings. The van der Waals surface area contributed by atoms with Gasteiger partial charge in [-0.15, -0.1) is 16.4 Å². The normalized spacial score (nSPS) is 11.4. The highest BCUT2D eigenvalue weighted by atomic mass is 32.1. The number of nitrogens with one attached hydrogen (secondary N) is 2. The zero-order chi connectivity index (χ0) is 15.4. The summed E-state index contributed by atoms with van der Waals surface area (Å²) in [5, 5.41) is 21.3. The molecule has 0 amide bonds. The third-order valence-electron chi connectivity index (χ3n) is 2.79. The molecule has 3 rings (SSSR count). The average Bonchev–Trinajstić information content (AvgIpc) is 3.19. The minimum Gasteiger partial charge on any atom is -0.504 e. The highest BCUT2D eigenvalue weighted by Gasteiger charge is 2.11. The van der Waals surface area contributed by atoms with Crippen LogP contribution < -0.4 is 5.32 Å². The Morgan fingerprint density at radius 2 is 2.05 bits per heavy atom. The number of thiophene rings is 1. The van der Waals surface area contributed by atoms with Crippen molar-refractivity contribution in [1.82, 2.24) is 15.2 Å². The standard InChI is InChI=1S/C15H12N4O2S/c20-11(13-7-4-8-22-13)9-12(21)14-17-15(19-18-14)16-10-5-2-1-3-6-10/h1-9,21H,(H2,16,17,18,19). The summed E-state index contributed by atoms with van der Waals surface area (Å²) < 4.78 is 0. The van der Waals surface area contributed by atoms with E-state index < -0.39 is 0 Å². The van der Waals surface area contributed by atoms with Crippen LogP contribution in [0.3, 0.4) is 0 Å². The first-order chi connectivity index (χ1) is 10.7. The number of carbonyl (C=O) groups excluding carboxylic acids is 1. The number of ketones is 1. The molecular formula is C15H12N4O2S. The number of para-hydroxylation sites is 1. The Morgan fingerprint density at radius 1 is 1.23 bits per heavy atom. The van der Waals surface area contributed by atoms with Crippen molar-refractivity contribution in [2.24, 2.45) is 0 Å². The van der Waals surface area contributed by atoms with Crippen LogP contribution in [0.1, 0.15) is 15.5 Å². The molecule has 0 spiro atoms. The van der Waals surface area contributed by atoms with E-state index in [0.717, 1.165) is 11.8 Å². The molecule has 6 nitrogen and oxygen atoms in total. The molecule has 0 bridgehead atoms. The van der Waals surface area contributed by atoms with Crippen molar-refractivity contribution in [2.45, 2.75) is 0 Å². The van der Waals surface area contributed by atoms with Gasteiger partial charge in [0.2, 0.25) is 5.95 Å². The van der Waals surface area contributed by atoms with Crippen molar-refractivity contribution in [3.8, 4) is 0 Å². The van der Waals surface area contributed by atoms with Gasteiger partial charge in [0.05, 0.1) is 4.88 Å². The smallest absolute Gasteiger partial charge is 0.246 e. The third-order valence-corrected chi connectivity index (χ3v) is 3.67. The highest BCUT2D eigenvalue weighted by Crippen LogP contribution is 2.16. The van der Waals surface area contributed by atoms with Gasteiger partial charge in [0, 0.05) is 11.8 Å². The molecule has 3 N–H and O–H groups in total. The van der Waals surface area contributed by atoms with Crippen molar-refractivity contribution in [3.05, 3.63) is 64.6 Å². The van der Waals surface area contributed by atoms with Crippen LogP contribution in [0.5, 0.6) is 0 Å². The monoisotopic (exact) mass is 312 g/mol. The number of nitrogens with zero attached hydrogens (tertiary/aromatic N) is 2. The van der Waals surface area contributed by atoms with Gasteiger partial charge in [-0.05, 0) is 23.6 Å². The number of aromatic amines is 1. The summed E-state index contributed by atoms with van der Waals surface area (Å²) in [6.45, 7) is 0. The first kappa shape index (κ1) is 14.0. The Kier molecular flexibility index (Phi) is 3.97. The van der Waals surface area contributed by atoms with Crippen LogP contribution in [0.25, 0.3) is 5.76 Å². The fourth-order valence-corrected chi connectivity index (χ4v) is 2.40. The summed E-state index contributed by atoms with van der Waals surface area (Å²) in [6, 6.07) is 12.9. The predicted octanol–water partition coefficient (Wildman–Crippen LogP) is 3.39. The van der Waals surface area contributed by atoms with E-state index in [9.17, 15) is 9.90 Å². The molecular weight excluding hydrogens is 300 g/mol. The number of H-pyrrole nitrogens is 1. The summed E-state index contributed by atoms with van der Waals surface area (Å²) in [6.07, 6.45) is 1.12. The van der Waals surface area contributed by atoms with Crippen LogP contribution in [0, 0.1) is 0 Å². The zero-order valence-electron chi connectivity index (χ0n) is 11.4. The number of aromatic nitrogens is 3. The van der Waals surface area contributed by atoms with Crippen molar-refractivity contribution in [1.29, 1.82) is 0 Å². The van der Waals surface area contributed by atoms with Crippen LogP contribution in [0.4, 0.5) is 11.6 Å². The summed E-state index contributed by atoms with van der Waals surface area (Å²) in [7, 11) is 0. The Morgan fingerprint density at radius 3 is 2.77 bits per heavy atom. The fraction of sp³-hybridized carbons (Fsp3) is 0. The summed E-state index contributed by atoms with van der Waals surface area (Å²) >= 11 is 1.31. The molecule has 0 saturated heterocycles. The second kappa shape index (κ2) is 6.23. The summed E-state index contributed by atoms with van der Waals surface area (Å²) in [5.41, 5.74) is 0.825. The minimum atomic E-state index is -0.276. The number of anilines is 2. The average molecular weight is 312 g/mol. The Balaban J connectivity index is 1.74. The number of benzene rings is 1. The molecule has 0 aliphatic carbocycles. The molecule has 0 aliphatic heterocycles. The van der Waals surface area contributed by atoms with Crippen molar-refractivity contribution in [2.75, 3.05) is 5.32 Å². The van der Waals surface area contributed by atoms with Crippen LogP contribution in [-0.4, -0.2) is 26.1 Å². The SMILES string of the molecule is O=C(C=C(O)c1nc(Nc2ccccc2)n[nH]1)c1cccs1. The van der Waals surface area contributed by atoms with E-state index in [1.807, 2.05) is 30.3 Å². The zero-order valence-corrected chi connectivity index (χ0v) is 12.2. The van der Waals surface area contributed by atoms with Gasteiger partial charge in [-0.2, -0.15) is 4.98 Å². The van der Waals surface area contributed by atoms with E-state index in [0.29, 0.717) is 10.8 Å². The van der Waals surface area contributed by atoms with Gasteiger partial charge in [-0.3, -0.25) is 9.89 Å². The number of carbonyl (C=O) groups is 1. The first-order valence-electron chi connectivity index (χ1n) is 6.46. The van der Waals surface area contributed by atoms with Gasteiger partial charge in [-0.25, -0.2) is 0 Å². The Hall–Kier alpha value is -2.93. The van der Waals surface area contributed by atoms with Crippen LogP contribution >= 0.6 is 11.3 Å². The molecule has 0 radical (unpaired) electrons. The number of aliphatic hydroxyl groups is 1. The molecule has 0 unspecified atom stereocenters. The molecule has 0 atom stereocenters. The molecule has 2 aromatic heterocycles. The summed E-state index contributed by atoms with van der Waals surface area (Å²) in [4.78, 5) is 16.5. The molecule has 1 aromatic carbocycles. The number of rotatable bonds is 5. The van der Waals surface area contributed by atoms with Gasteiger partial charge in [0.15, 0.2) is 17.4 Å². The van der Waals surface area contributed by atoms with Gasteiger partial charge < -0.3 is 10.4 Å². The number of hydrogen-bond donors (Lipinski definition) is 3. The van der Waals surface area contributed by atoms with Crippen molar-refractivity contribution < 1.29 is 9.90 Å². The van der Waals surface area contributed by atoms with E-state index in [1.54, 1.807) is 17.5 Å². The van der Waals surface area contributed by atoms with Crippen molar-refractivity contribution in [3.63, 3.8) is 0 Å². The summed E-state index contributed by atoms with van der Waals surface area (Å²) in [5.74, 6) is -0.0958. The molecule has 22 heavy (non-hydrogen) atoms. The Labute approximate surface area is 130 Å². The maximum Gasteiger partial charge on any atom is 0.246 e. The van der Waals surface area contributed by atoms with Crippen LogP contribution in [-0.2, 0) is 0 Å². The van der Waals surface area contributed by atoms with Gasteiger partial charge >= 0.3 is 0 Å². The fourth-order valence-electron chi connectivity index (χ4n) is 1.77. The lowest BCUT2D eigenvalue weighted by Crippen LogP contribution is -1.95. The lowest BCUT2D eigenvalue weighted by atomic mass is 10.3.